The third-order valence-corrected chi connectivity index (χ3v) is 3.57. The minimum atomic E-state index is -0.0899. The standard InChI is InChI=1S/C15H19N3O/c1-11-4-3-7-17-14(11)15(19)18-10-13-6-2-5-12(8-13)9-16/h2,5-6,8,11,14,17H,3-4,7,10H2,1H3,(H,18,19). The van der Waals surface area contributed by atoms with Gasteiger partial charge in [0.05, 0.1) is 17.7 Å². The highest BCUT2D eigenvalue weighted by Crippen LogP contribution is 2.15. The summed E-state index contributed by atoms with van der Waals surface area (Å²) >= 11 is 0. The lowest BCUT2D eigenvalue weighted by Crippen LogP contribution is -2.50. The number of rotatable bonds is 3. The van der Waals surface area contributed by atoms with E-state index >= 15 is 0 Å². The van der Waals surface area contributed by atoms with E-state index in [1.807, 2.05) is 12.1 Å². The summed E-state index contributed by atoms with van der Waals surface area (Å²) in [5.74, 6) is 0.425. The maximum absolute atomic E-state index is 12.1. The van der Waals surface area contributed by atoms with E-state index in [9.17, 15) is 4.79 Å². The predicted molar refractivity (Wildman–Crippen MR) is 73.2 cm³/mol. The number of hydrogen-bond acceptors (Lipinski definition) is 3. The van der Waals surface area contributed by atoms with Gasteiger partial charge < -0.3 is 10.6 Å². The molecule has 1 saturated heterocycles. The van der Waals surface area contributed by atoms with E-state index in [1.54, 1.807) is 12.1 Å². The van der Waals surface area contributed by atoms with Crippen molar-refractivity contribution in [3.63, 3.8) is 0 Å². The van der Waals surface area contributed by atoms with Gasteiger partial charge in [-0.25, -0.2) is 0 Å². The van der Waals surface area contributed by atoms with Gasteiger partial charge in [-0.15, -0.1) is 0 Å². The van der Waals surface area contributed by atoms with Crippen LogP contribution in [0.4, 0.5) is 0 Å². The molecule has 4 nitrogen and oxygen atoms in total. The molecule has 2 N–H and O–H groups in total. The Labute approximate surface area is 113 Å². The van der Waals surface area contributed by atoms with Crippen molar-refractivity contribution in [2.45, 2.75) is 32.4 Å². The van der Waals surface area contributed by atoms with Gasteiger partial charge in [0.2, 0.25) is 5.91 Å². The van der Waals surface area contributed by atoms with Crippen LogP contribution in [-0.2, 0) is 11.3 Å². The van der Waals surface area contributed by atoms with Crippen molar-refractivity contribution in [2.24, 2.45) is 5.92 Å². The average Bonchev–Trinajstić information content (AvgIpc) is 2.45. The molecule has 0 aliphatic carbocycles. The molecule has 0 radical (unpaired) electrons. The van der Waals surface area contributed by atoms with Crippen LogP contribution >= 0.6 is 0 Å². The molecule has 2 atom stereocenters. The van der Waals surface area contributed by atoms with Crippen molar-refractivity contribution in [3.05, 3.63) is 35.4 Å². The van der Waals surface area contributed by atoms with E-state index in [1.165, 1.54) is 0 Å². The number of nitrogens with one attached hydrogen (secondary N) is 2. The molecule has 1 aliphatic heterocycles. The van der Waals surface area contributed by atoms with E-state index in [0.717, 1.165) is 24.9 Å². The van der Waals surface area contributed by atoms with Crippen molar-refractivity contribution in [1.29, 1.82) is 5.26 Å². The zero-order valence-corrected chi connectivity index (χ0v) is 11.1. The molecule has 0 aromatic heterocycles. The molecule has 1 heterocycles. The molecule has 1 aromatic rings. The Kier molecular flexibility index (Phi) is 4.53. The maximum atomic E-state index is 12.1. The van der Waals surface area contributed by atoms with Crippen LogP contribution in [0.25, 0.3) is 0 Å². The molecule has 1 amide bonds. The fourth-order valence-corrected chi connectivity index (χ4v) is 2.45. The van der Waals surface area contributed by atoms with Crippen LogP contribution in [0.1, 0.15) is 30.9 Å². The van der Waals surface area contributed by atoms with Gasteiger partial charge in [0.15, 0.2) is 0 Å². The van der Waals surface area contributed by atoms with Crippen molar-refractivity contribution in [1.82, 2.24) is 10.6 Å². The zero-order chi connectivity index (χ0) is 13.7. The number of carbonyl (C=O) groups excluding carboxylic acids is 1. The number of piperidine rings is 1. The number of benzene rings is 1. The van der Waals surface area contributed by atoms with Gasteiger partial charge >= 0.3 is 0 Å². The molecule has 100 valence electrons. The Hall–Kier alpha value is -1.86. The first kappa shape index (κ1) is 13.6. The summed E-state index contributed by atoms with van der Waals surface area (Å²) in [7, 11) is 0. The largest absolute Gasteiger partial charge is 0.351 e. The summed E-state index contributed by atoms with van der Waals surface area (Å²) in [6.07, 6.45) is 2.23. The van der Waals surface area contributed by atoms with Crippen molar-refractivity contribution < 1.29 is 4.79 Å². The first-order valence-electron chi connectivity index (χ1n) is 6.71. The van der Waals surface area contributed by atoms with Gasteiger partial charge in [-0.05, 0) is 43.0 Å². The zero-order valence-electron chi connectivity index (χ0n) is 11.1. The maximum Gasteiger partial charge on any atom is 0.237 e. The normalized spacial score (nSPS) is 22.5. The molecule has 19 heavy (non-hydrogen) atoms. The van der Waals surface area contributed by atoms with Gasteiger partial charge in [0, 0.05) is 6.54 Å². The Bertz CT molecular complexity index is 492. The second kappa shape index (κ2) is 6.35. The Morgan fingerprint density at radius 2 is 2.42 bits per heavy atom. The Morgan fingerprint density at radius 3 is 3.16 bits per heavy atom. The lowest BCUT2D eigenvalue weighted by molar-refractivity contribution is -0.125. The lowest BCUT2D eigenvalue weighted by Gasteiger charge is -2.28. The molecule has 1 fully saturated rings. The molecule has 2 unspecified atom stereocenters. The summed E-state index contributed by atoms with van der Waals surface area (Å²) in [4.78, 5) is 12.1. The average molecular weight is 257 g/mol. The molecule has 4 heteroatoms. The third-order valence-electron chi connectivity index (χ3n) is 3.57. The van der Waals surface area contributed by atoms with Gasteiger partial charge in [0.1, 0.15) is 0 Å². The molecule has 1 aromatic carbocycles. The van der Waals surface area contributed by atoms with Gasteiger partial charge in [-0.3, -0.25) is 4.79 Å². The molecular weight excluding hydrogens is 238 g/mol. The predicted octanol–water partition coefficient (Wildman–Crippen LogP) is 1.56. The van der Waals surface area contributed by atoms with Crippen LogP contribution < -0.4 is 10.6 Å². The van der Waals surface area contributed by atoms with Crippen molar-refractivity contribution in [3.8, 4) is 6.07 Å². The van der Waals surface area contributed by atoms with Crippen molar-refractivity contribution in [2.75, 3.05) is 6.54 Å². The van der Waals surface area contributed by atoms with Gasteiger partial charge in [-0.1, -0.05) is 19.1 Å². The fourth-order valence-electron chi connectivity index (χ4n) is 2.45. The highest BCUT2D eigenvalue weighted by Gasteiger charge is 2.26. The summed E-state index contributed by atoms with van der Waals surface area (Å²) in [6.45, 7) is 3.48. The molecule has 2 rings (SSSR count). The van der Waals surface area contributed by atoms with E-state index < -0.39 is 0 Å². The number of hydrogen-bond donors (Lipinski definition) is 2. The quantitative estimate of drug-likeness (QED) is 0.863. The van der Waals surface area contributed by atoms with Crippen LogP contribution in [0.2, 0.25) is 0 Å². The van der Waals surface area contributed by atoms with Crippen LogP contribution in [-0.4, -0.2) is 18.5 Å². The molecular formula is C15H19N3O. The monoisotopic (exact) mass is 257 g/mol. The van der Waals surface area contributed by atoms with E-state index in [4.69, 9.17) is 5.26 Å². The van der Waals surface area contributed by atoms with Crippen molar-refractivity contribution >= 4 is 5.91 Å². The van der Waals surface area contributed by atoms with Crippen LogP contribution in [0.15, 0.2) is 24.3 Å². The van der Waals surface area contributed by atoms with Crippen LogP contribution in [0.3, 0.4) is 0 Å². The van der Waals surface area contributed by atoms with E-state index in [-0.39, 0.29) is 11.9 Å². The lowest BCUT2D eigenvalue weighted by atomic mass is 9.92. The fraction of sp³-hybridized carbons (Fsp3) is 0.467. The number of nitrogens with zero attached hydrogens (tertiary/aromatic N) is 1. The summed E-state index contributed by atoms with van der Waals surface area (Å²) in [6, 6.07) is 9.32. The minimum Gasteiger partial charge on any atom is -0.351 e. The van der Waals surface area contributed by atoms with Crippen LogP contribution in [0.5, 0.6) is 0 Å². The Balaban J connectivity index is 1.91. The number of nitriles is 1. The van der Waals surface area contributed by atoms with Gasteiger partial charge in [0.25, 0.3) is 0 Å². The smallest absolute Gasteiger partial charge is 0.237 e. The minimum absolute atomic E-state index is 0.0505. The first-order valence-corrected chi connectivity index (χ1v) is 6.71. The number of amides is 1. The molecule has 0 bridgehead atoms. The first-order chi connectivity index (χ1) is 9.20. The number of carbonyl (C=O) groups is 1. The summed E-state index contributed by atoms with van der Waals surface area (Å²) in [5, 5.41) is 15.0. The topological polar surface area (TPSA) is 64.9 Å². The second-order valence-corrected chi connectivity index (χ2v) is 5.08. The highest BCUT2D eigenvalue weighted by atomic mass is 16.2. The second-order valence-electron chi connectivity index (χ2n) is 5.08. The van der Waals surface area contributed by atoms with E-state index in [2.05, 4.69) is 23.6 Å². The highest BCUT2D eigenvalue weighted by molar-refractivity contribution is 5.82. The Morgan fingerprint density at radius 1 is 1.58 bits per heavy atom. The SMILES string of the molecule is CC1CCCNC1C(=O)NCc1cccc(C#N)c1. The van der Waals surface area contributed by atoms with E-state index in [0.29, 0.717) is 18.0 Å². The third kappa shape index (κ3) is 3.55. The summed E-state index contributed by atoms with van der Waals surface area (Å²) in [5.41, 5.74) is 1.58. The van der Waals surface area contributed by atoms with Crippen LogP contribution in [0, 0.1) is 17.2 Å². The summed E-state index contributed by atoms with van der Waals surface area (Å²) < 4.78 is 0. The molecule has 0 spiro atoms. The molecule has 1 aliphatic rings. The van der Waals surface area contributed by atoms with Gasteiger partial charge in [-0.2, -0.15) is 5.26 Å². The molecule has 0 saturated carbocycles.